The molecule has 1 aliphatic heterocycles. The number of ether oxygens (including phenoxy) is 4. The number of aliphatic hydroxyl groups excluding tert-OH is 1. The minimum atomic E-state index is -1.37. The summed E-state index contributed by atoms with van der Waals surface area (Å²) in [5.74, 6) is -1.37. The molecular formula is C37H45NO7. The van der Waals surface area contributed by atoms with E-state index in [1.165, 1.54) is 12.8 Å². The van der Waals surface area contributed by atoms with E-state index in [2.05, 4.69) is 18.7 Å². The first kappa shape index (κ1) is 33.6. The molecule has 0 amide bonds. The fourth-order valence-corrected chi connectivity index (χ4v) is 5.06. The van der Waals surface area contributed by atoms with Gasteiger partial charge in [0.25, 0.3) is 0 Å². The van der Waals surface area contributed by atoms with Crippen molar-refractivity contribution in [1.29, 1.82) is 0 Å². The number of carbonyl (C=O) groups is 2. The summed E-state index contributed by atoms with van der Waals surface area (Å²) in [4.78, 5) is 28.1. The smallest absolute Gasteiger partial charge is 0.378 e. The van der Waals surface area contributed by atoms with Crippen molar-refractivity contribution in [1.82, 2.24) is 0 Å². The predicted molar refractivity (Wildman–Crippen MR) is 173 cm³/mol. The molecule has 8 heteroatoms. The molecule has 3 aromatic carbocycles. The first-order valence-electron chi connectivity index (χ1n) is 16.0. The van der Waals surface area contributed by atoms with Crippen LogP contribution in [-0.2, 0) is 37.0 Å². The van der Waals surface area contributed by atoms with E-state index in [0.29, 0.717) is 5.56 Å². The SMILES string of the molecule is CCCCCN(CCCCC)c1ccc(C(=O)OCC(O)C2OC(=O)C(OCc3ccccc3)=C2OCc2ccccc2)cc1. The number of benzene rings is 3. The molecule has 45 heavy (non-hydrogen) atoms. The number of unbranched alkanes of at least 4 members (excludes halogenated alkanes) is 4. The zero-order chi connectivity index (χ0) is 31.9. The second kappa shape index (κ2) is 17.9. The van der Waals surface area contributed by atoms with Crippen molar-refractivity contribution < 1.29 is 33.6 Å². The van der Waals surface area contributed by atoms with Gasteiger partial charge in [-0.1, -0.05) is 100 Å². The lowest BCUT2D eigenvalue weighted by atomic mass is 10.1. The van der Waals surface area contributed by atoms with Crippen LogP contribution >= 0.6 is 0 Å². The molecule has 0 saturated carbocycles. The molecular weight excluding hydrogens is 570 g/mol. The van der Waals surface area contributed by atoms with E-state index in [-0.39, 0.29) is 24.7 Å². The Morgan fingerprint density at radius 3 is 1.91 bits per heavy atom. The first-order valence-corrected chi connectivity index (χ1v) is 16.0. The van der Waals surface area contributed by atoms with Crippen LogP contribution in [0.25, 0.3) is 0 Å². The third kappa shape index (κ3) is 10.1. The normalized spacial score (nSPS) is 15.0. The first-order chi connectivity index (χ1) is 22.0. The summed E-state index contributed by atoms with van der Waals surface area (Å²) in [6.45, 7) is 6.20. The Balaban J connectivity index is 1.40. The summed E-state index contributed by atoms with van der Waals surface area (Å²) in [6.07, 6.45) is 4.39. The average molecular weight is 616 g/mol. The third-order valence-electron chi connectivity index (χ3n) is 7.63. The molecule has 2 unspecified atom stereocenters. The fraction of sp³-hybridized carbons (Fsp3) is 0.405. The van der Waals surface area contributed by atoms with Gasteiger partial charge in [0.15, 0.2) is 11.9 Å². The highest BCUT2D eigenvalue weighted by Gasteiger charge is 2.42. The molecule has 240 valence electrons. The Labute approximate surface area is 266 Å². The van der Waals surface area contributed by atoms with E-state index in [1.54, 1.807) is 12.1 Å². The number of rotatable bonds is 19. The van der Waals surface area contributed by atoms with Crippen LogP contribution in [0.15, 0.2) is 96.4 Å². The minimum absolute atomic E-state index is 0.0684. The Hall–Kier alpha value is -4.30. The summed E-state index contributed by atoms with van der Waals surface area (Å²) in [6, 6.07) is 26.2. The van der Waals surface area contributed by atoms with Crippen molar-refractivity contribution in [2.24, 2.45) is 0 Å². The second-order valence-corrected chi connectivity index (χ2v) is 11.2. The number of hydrogen-bond acceptors (Lipinski definition) is 8. The minimum Gasteiger partial charge on any atom is -0.485 e. The van der Waals surface area contributed by atoms with E-state index in [1.807, 2.05) is 72.8 Å². The monoisotopic (exact) mass is 615 g/mol. The van der Waals surface area contributed by atoms with Gasteiger partial charge in [-0.3, -0.25) is 0 Å². The predicted octanol–water partition coefficient (Wildman–Crippen LogP) is 6.96. The van der Waals surface area contributed by atoms with Crippen LogP contribution in [0.3, 0.4) is 0 Å². The molecule has 4 rings (SSSR count). The molecule has 1 N–H and O–H groups in total. The van der Waals surface area contributed by atoms with E-state index in [4.69, 9.17) is 18.9 Å². The molecule has 0 radical (unpaired) electrons. The van der Waals surface area contributed by atoms with Crippen LogP contribution in [0, 0.1) is 0 Å². The highest BCUT2D eigenvalue weighted by atomic mass is 16.6. The van der Waals surface area contributed by atoms with Gasteiger partial charge in [-0.05, 0) is 48.2 Å². The van der Waals surface area contributed by atoms with Crippen LogP contribution < -0.4 is 4.90 Å². The molecule has 0 fully saturated rings. The number of cyclic esters (lactones) is 1. The molecule has 0 spiro atoms. The van der Waals surface area contributed by atoms with Gasteiger partial charge in [0.1, 0.15) is 25.9 Å². The van der Waals surface area contributed by atoms with E-state index in [9.17, 15) is 14.7 Å². The zero-order valence-corrected chi connectivity index (χ0v) is 26.4. The highest BCUT2D eigenvalue weighted by molar-refractivity contribution is 5.90. The largest absolute Gasteiger partial charge is 0.485 e. The molecule has 1 heterocycles. The van der Waals surface area contributed by atoms with Crippen LogP contribution in [-0.4, -0.2) is 48.9 Å². The number of nitrogens with zero attached hydrogens (tertiary/aromatic N) is 1. The van der Waals surface area contributed by atoms with Gasteiger partial charge in [0, 0.05) is 18.8 Å². The van der Waals surface area contributed by atoms with Crippen LogP contribution in [0.5, 0.6) is 0 Å². The van der Waals surface area contributed by atoms with Gasteiger partial charge in [0.05, 0.1) is 5.56 Å². The van der Waals surface area contributed by atoms with Gasteiger partial charge in [-0.15, -0.1) is 0 Å². The fourth-order valence-electron chi connectivity index (χ4n) is 5.06. The Bertz CT molecular complexity index is 1350. The maximum atomic E-state index is 12.9. The average Bonchev–Trinajstić information content (AvgIpc) is 3.40. The van der Waals surface area contributed by atoms with Crippen molar-refractivity contribution in [2.45, 2.75) is 77.8 Å². The third-order valence-corrected chi connectivity index (χ3v) is 7.63. The summed E-state index contributed by atoms with van der Waals surface area (Å²) in [7, 11) is 0. The molecule has 3 aromatic rings. The lowest BCUT2D eigenvalue weighted by molar-refractivity contribution is -0.149. The molecule has 0 aromatic heterocycles. The Morgan fingerprint density at radius 1 is 0.800 bits per heavy atom. The molecule has 0 saturated heterocycles. The van der Waals surface area contributed by atoms with Crippen molar-refractivity contribution in [3.63, 3.8) is 0 Å². The number of hydrogen-bond donors (Lipinski definition) is 1. The van der Waals surface area contributed by atoms with Gasteiger partial charge in [-0.2, -0.15) is 0 Å². The maximum absolute atomic E-state index is 12.9. The van der Waals surface area contributed by atoms with Gasteiger partial charge in [0.2, 0.25) is 5.76 Å². The summed E-state index contributed by atoms with van der Waals surface area (Å²) < 4.78 is 22.8. The van der Waals surface area contributed by atoms with Crippen molar-refractivity contribution >= 4 is 17.6 Å². The number of anilines is 1. The van der Waals surface area contributed by atoms with Gasteiger partial charge >= 0.3 is 11.9 Å². The summed E-state index contributed by atoms with van der Waals surface area (Å²) in [5, 5.41) is 11.0. The van der Waals surface area contributed by atoms with Gasteiger partial charge < -0.3 is 29.0 Å². The molecule has 0 bridgehead atoms. The van der Waals surface area contributed by atoms with Crippen molar-refractivity contribution in [3.8, 4) is 0 Å². The van der Waals surface area contributed by atoms with E-state index < -0.39 is 30.8 Å². The van der Waals surface area contributed by atoms with Crippen LogP contribution in [0.1, 0.15) is 73.9 Å². The lowest BCUT2D eigenvalue weighted by Crippen LogP contribution is -2.34. The zero-order valence-electron chi connectivity index (χ0n) is 26.4. The number of carbonyl (C=O) groups excluding carboxylic acids is 2. The topological polar surface area (TPSA) is 94.5 Å². The van der Waals surface area contributed by atoms with E-state index >= 15 is 0 Å². The van der Waals surface area contributed by atoms with E-state index in [0.717, 1.165) is 55.6 Å². The van der Waals surface area contributed by atoms with Crippen LogP contribution in [0.4, 0.5) is 5.69 Å². The molecule has 1 aliphatic rings. The number of esters is 2. The summed E-state index contributed by atoms with van der Waals surface area (Å²) >= 11 is 0. The summed E-state index contributed by atoms with van der Waals surface area (Å²) in [5.41, 5.74) is 3.17. The highest BCUT2D eigenvalue weighted by Crippen LogP contribution is 2.29. The number of aliphatic hydroxyl groups is 1. The van der Waals surface area contributed by atoms with Crippen LogP contribution in [0.2, 0.25) is 0 Å². The second-order valence-electron chi connectivity index (χ2n) is 11.2. The Kier molecular flexibility index (Phi) is 13.3. The van der Waals surface area contributed by atoms with Crippen molar-refractivity contribution in [3.05, 3.63) is 113 Å². The Morgan fingerprint density at radius 2 is 1.36 bits per heavy atom. The quantitative estimate of drug-likeness (QED) is 0.114. The molecule has 2 atom stereocenters. The standard InChI is InChI=1S/C37H45NO7/c1-3-5-13-23-38(24-14-6-4-2)31-21-19-30(20-22-31)36(40)44-27-32(39)33-34(42-25-28-15-9-7-10-16-28)35(37(41)45-33)43-26-29-17-11-8-12-18-29/h7-12,15-22,32-33,39H,3-6,13-14,23-27H2,1-2H3. The lowest BCUT2D eigenvalue weighted by Gasteiger charge is -2.25. The molecule has 0 aliphatic carbocycles. The van der Waals surface area contributed by atoms with Crippen molar-refractivity contribution in [2.75, 3.05) is 24.6 Å². The van der Waals surface area contributed by atoms with Gasteiger partial charge in [-0.25, -0.2) is 9.59 Å². The maximum Gasteiger partial charge on any atom is 0.378 e. The molecule has 8 nitrogen and oxygen atoms in total.